The molecule has 0 unspecified atom stereocenters. The van der Waals surface area contributed by atoms with E-state index in [9.17, 15) is 8.42 Å². The van der Waals surface area contributed by atoms with Crippen molar-refractivity contribution in [2.75, 3.05) is 68.5 Å². The minimum absolute atomic E-state index is 0.0836. The monoisotopic (exact) mass is 487 g/mol. The highest BCUT2D eigenvalue weighted by atomic mass is 32.2. The van der Waals surface area contributed by atoms with Gasteiger partial charge in [0.25, 0.3) is 0 Å². The molecule has 2 aliphatic heterocycles. The molecule has 34 heavy (non-hydrogen) atoms. The van der Waals surface area contributed by atoms with E-state index in [1.165, 1.54) is 16.9 Å². The molecule has 3 aromatic heterocycles. The van der Waals surface area contributed by atoms with Crippen LogP contribution >= 0.6 is 0 Å². The van der Waals surface area contributed by atoms with Crippen molar-refractivity contribution >= 4 is 33.0 Å². The van der Waals surface area contributed by atoms with Crippen LogP contribution in [0.3, 0.4) is 0 Å². The summed E-state index contributed by atoms with van der Waals surface area (Å²) in [4.78, 5) is 27.4. The number of anilines is 2. The van der Waals surface area contributed by atoms with E-state index in [-0.39, 0.29) is 6.04 Å². The number of nitrogens with zero attached hydrogens (tertiary/aromatic N) is 9. The van der Waals surface area contributed by atoms with Gasteiger partial charge in [0.15, 0.2) is 22.8 Å². The molecule has 5 rings (SSSR count). The van der Waals surface area contributed by atoms with E-state index in [2.05, 4.69) is 38.2 Å². The Balaban J connectivity index is 1.64. The van der Waals surface area contributed by atoms with Crippen LogP contribution in [0.1, 0.15) is 19.9 Å². The molecule has 3 aromatic rings. The van der Waals surface area contributed by atoms with Gasteiger partial charge >= 0.3 is 0 Å². The molecule has 0 aromatic carbocycles. The third-order valence-electron chi connectivity index (χ3n) is 6.14. The van der Waals surface area contributed by atoms with Gasteiger partial charge in [0, 0.05) is 57.7 Å². The van der Waals surface area contributed by atoms with Gasteiger partial charge in [-0.25, -0.2) is 33.3 Å². The van der Waals surface area contributed by atoms with Crippen molar-refractivity contribution in [3.63, 3.8) is 0 Å². The lowest BCUT2D eigenvalue weighted by molar-refractivity contribution is 0.122. The third kappa shape index (κ3) is 4.30. The van der Waals surface area contributed by atoms with Gasteiger partial charge < -0.3 is 14.5 Å². The summed E-state index contributed by atoms with van der Waals surface area (Å²) in [6, 6.07) is 0.0836. The van der Waals surface area contributed by atoms with Gasteiger partial charge in [0.05, 0.1) is 25.0 Å². The SMILES string of the molecule is CC(C)n1c(N2CCN(S(C)(=O)=O)CC2)nc2c(N3CCOCC3)nc(-c3cncnc3)nc21. The van der Waals surface area contributed by atoms with Crippen LogP contribution in [0, 0.1) is 0 Å². The average Bonchev–Trinajstić information content (AvgIpc) is 3.24. The maximum atomic E-state index is 12.0. The lowest BCUT2D eigenvalue weighted by Gasteiger charge is -2.34. The number of hydrogen-bond acceptors (Lipinski definition) is 10. The molecule has 12 nitrogen and oxygen atoms in total. The Morgan fingerprint density at radius 3 is 2.21 bits per heavy atom. The van der Waals surface area contributed by atoms with Crippen molar-refractivity contribution in [2.45, 2.75) is 19.9 Å². The smallest absolute Gasteiger partial charge is 0.211 e. The summed E-state index contributed by atoms with van der Waals surface area (Å²) in [5.41, 5.74) is 2.21. The number of fused-ring (bicyclic) bond motifs is 1. The van der Waals surface area contributed by atoms with Gasteiger partial charge in [-0.2, -0.15) is 4.31 Å². The van der Waals surface area contributed by atoms with Gasteiger partial charge in [0.2, 0.25) is 16.0 Å². The first-order valence-electron chi connectivity index (χ1n) is 11.4. The van der Waals surface area contributed by atoms with E-state index >= 15 is 0 Å². The molecule has 2 aliphatic rings. The first kappa shape index (κ1) is 22.9. The highest BCUT2D eigenvalue weighted by Gasteiger charge is 2.30. The van der Waals surface area contributed by atoms with Gasteiger partial charge in [-0.3, -0.25) is 4.57 Å². The van der Waals surface area contributed by atoms with E-state index < -0.39 is 10.0 Å². The minimum atomic E-state index is -3.21. The molecule has 0 atom stereocenters. The number of ether oxygens (including phenoxy) is 1. The Kier molecular flexibility index (Phi) is 6.08. The van der Waals surface area contributed by atoms with Gasteiger partial charge in [0.1, 0.15) is 6.33 Å². The van der Waals surface area contributed by atoms with Crippen molar-refractivity contribution < 1.29 is 13.2 Å². The molecule has 2 saturated heterocycles. The highest BCUT2D eigenvalue weighted by molar-refractivity contribution is 7.88. The highest BCUT2D eigenvalue weighted by Crippen LogP contribution is 2.33. The number of aromatic nitrogens is 6. The van der Waals surface area contributed by atoms with Gasteiger partial charge in [-0.15, -0.1) is 0 Å². The second kappa shape index (κ2) is 9.04. The molecule has 0 spiro atoms. The first-order valence-corrected chi connectivity index (χ1v) is 13.3. The molecule has 0 amide bonds. The second-order valence-corrected chi connectivity index (χ2v) is 10.8. The van der Waals surface area contributed by atoms with Crippen LogP contribution in [-0.2, 0) is 14.8 Å². The summed E-state index contributed by atoms with van der Waals surface area (Å²) in [5.74, 6) is 2.09. The van der Waals surface area contributed by atoms with E-state index in [0.29, 0.717) is 58.3 Å². The Bertz CT molecular complexity index is 1270. The predicted molar refractivity (Wildman–Crippen MR) is 128 cm³/mol. The van der Waals surface area contributed by atoms with Gasteiger partial charge in [-0.1, -0.05) is 0 Å². The van der Waals surface area contributed by atoms with Crippen LogP contribution in [-0.4, -0.2) is 101 Å². The van der Waals surface area contributed by atoms with Crippen molar-refractivity contribution in [2.24, 2.45) is 0 Å². The molecule has 13 heteroatoms. The van der Waals surface area contributed by atoms with Crippen LogP contribution < -0.4 is 9.80 Å². The summed E-state index contributed by atoms with van der Waals surface area (Å²) in [7, 11) is -3.21. The molecule has 0 radical (unpaired) electrons. The summed E-state index contributed by atoms with van der Waals surface area (Å²) in [5, 5.41) is 0. The molecular formula is C21H29N9O3S. The molecule has 0 N–H and O–H groups in total. The maximum absolute atomic E-state index is 12.0. The number of piperazine rings is 1. The van der Waals surface area contributed by atoms with E-state index in [4.69, 9.17) is 19.7 Å². The summed E-state index contributed by atoms with van der Waals surface area (Å²) < 4.78 is 33.1. The van der Waals surface area contributed by atoms with Crippen molar-refractivity contribution in [1.82, 2.24) is 33.8 Å². The zero-order chi connectivity index (χ0) is 23.9. The zero-order valence-electron chi connectivity index (χ0n) is 19.6. The van der Waals surface area contributed by atoms with E-state index in [1.807, 2.05) is 0 Å². The Hall–Kier alpha value is -2.90. The average molecular weight is 488 g/mol. The molecule has 5 heterocycles. The summed E-state index contributed by atoms with van der Waals surface area (Å²) in [6.45, 7) is 8.84. The Morgan fingerprint density at radius 2 is 1.59 bits per heavy atom. The van der Waals surface area contributed by atoms with Crippen LogP contribution in [0.4, 0.5) is 11.8 Å². The maximum Gasteiger partial charge on any atom is 0.211 e. The van der Waals surface area contributed by atoms with Gasteiger partial charge in [-0.05, 0) is 13.8 Å². The first-order chi connectivity index (χ1) is 16.3. The summed E-state index contributed by atoms with van der Waals surface area (Å²) in [6.07, 6.45) is 6.15. The lowest BCUT2D eigenvalue weighted by atomic mass is 10.3. The Morgan fingerprint density at radius 1 is 0.912 bits per heavy atom. The van der Waals surface area contributed by atoms with Crippen LogP contribution in [0.25, 0.3) is 22.6 Å². The third-order valence-corrected chi connectivity index (χ3v) is 7.44. The van der Waals surface area contributed by atoms with Crippen LogP contribution in [0.2, 0.25) is 0 Å². The van der Waals surface area contributed by atoms with Crippen molar-refractivity contribution in [3.05, 3.63) is 18.7 Å². The fourth-order valence-corrected chi connectivity index (χ4v) is 5.23. The fourth-order valence-electron chi connectivity index (χ4n) is 4.41. The number of sulfonamides is 1. The normalized spacial score (nSPS) is 18.2. The molecule has 0 bridgehead atoms. The second-order valence-electron chi connectivity index (χ2n) is 8.79. The van der Waals surface area contributed by atoms with Crippen LogP contribution in [0.5, 0.6) is 0 Å². The summed E-state index contributed by atoms with van der Waals surface area (Å²) >= 11 is 0. The van der Waals surface area contributed by atoms with E-state index in [1.54, 1.807) is 12.4 Å². The van der Waals surface area contributed by atoms with Crippen molar-refractivity contribution in [3.8, 4) is 11.4 Å². The Labute approximate surface area is 198 Å². The van der Waals surface area contributed by atoms with Crippen LogP contribution in [0.15, 0.2) is 18.7 Å². The molecule has 2 fully saturated rings. The minimum Gasteiger partial charge on any atom is -0.378 e. The molecule has 0 saturated carbocycles. The predicted octanol–water partition coefficient (Wildman–Crippen LogP) is 0.782. The number of imidazole rings is 1. The standard InChI is InChI=1S/C21H29N9O3S/c1-15(2)30-20-17(24-21(30)28-4-6-29(7-5-28)34(3,31)32)19(27-8-10-33-11-9-27)25-18(26-20)16-12-22-14-23-13-16/h12-15H,4-11H2,1-3H3. The molecule has 0 aliphatic carbocycles. The molecular weight excluding hydrogens is 458 g/mol. The number of morpholine rings is 1. The van der Waals surface area contributed by atoms with Crippen molar-refractivity contribution in [1.29, 1.82) is 0 Å². The zero-order valence-corrected chi connectivity index (χ0v) is 20.4. The number of hydrogen-bond donors (Lipinski definition) is 0. The lowest BCUT2D eigenvalue weighted by Crippen LogP contribution is -2.49. The van der Waals surface area contributed by atoms with E-state index in [0.717, 1.165) is 28.5 Å². The largest absolute Gasteiger partial charge is 0.378 e. The molecule has 182 valence electrons. The quantitative estimate of drug-likeness (QED) is 0.510. The number of rotatable bonds is 5. The fraction of sp³-hybridized carbons (Fsp3) is 0.571. The topological polar surface area (TPSA) is 122 Å².